The van der Waals surface area contributed by atoms with Crippen molar-refractivity contribution in [1.82, 2.24) is 20.5 Å². The van der Waals surface area contributed by atoms with E-state index in [1.165, 1.54) is 0 Å². The summed E-state index contributed by atoms with van der Waals surface area (Å²) in [4.78, 5) is 22.3. The van der Waals surface area contributed by atoms with Crippen LogP contribution >= 0.6 is 24.0 Å². The van der Waals surface area contributed by atoms with E-state index in [9.17, 15) is 4.79 Å². The van der Waals surface area contributed by atoms with Gasteiger partial charge in [-0.3, -0.25) is 9.79 Å². The zero-order valence-electron chi connectivity index (χ0n) is 18.1. The largest absolute Gasteiger partial charge is 0.477 e. The van der Waals surface area contributed by atoms with Crippen molar-refractivity contribution < 1.29 is 9.53 Å². The molecule has 0 saturated carbocycles. The van der Waals surface area contributed by atoms with Crippen LogP contribution in [-0.2, 0) is 13.0 Å². The van der Waals surface area contributed by atoms with Gasteiger partial charge in [0, 0.05) is 51.6 Å². The van der Waals surface area contributed by atoms with Crippen LogP contribution in [0.15, 0.2) is 47.6 Å². The van der Waals surface area contributed by atoms with Gasteiger partial charge in [-0.2, -0.15) is 0 Å². The van der Waals surface area contributed by atoms with Gasteiger partial charge in [0.15, 0.2) is 5.96 Å². The molecule has 1 amide bonds. The molecule has 0 spiro atoms. The summed E-state index contributed by atoms with van der Waals surface area (Å²) in [5.74, 6) is 1.37. The summed E-state index contributed by atoms with van der Waals surface area (Å²) in [6.45, 7) is 3.98. The molecule has 0 fully saturated rings. The number of halogens is 1. The van der Waals surface area contributed by atoms with Crippen molar-refractivity contribution in [3.63, 3.8) is 0 Å². The first kappa shape index (κ1) is 25.7. The average molecular weight is 525 g/mol. The van der Waals surface area contributed by atoms with Crippen LogP contribution in [0.2, 0.25) is 0 Å². The van der Waals surface area contributed by atoms with Gasteiger partial charge in [-0.25, -0.2) is 4.98 Å². The second-order valence-corrected chi connectivity index (χ2v) is 6.82. The number of carbonyl (C=O) groups is 1. The number of aromatic nitrogens is 1. The zero-order chi connectivity index (χ0) is 21.1. The maximum atomic E-state index is 12.1. The highest BCUT2D eigenvalue weighted by Gasteiger charge is 2.09. The molecule has 0 saturated heterocycles. The second-order valence-electron chi connectivity index (χ2n) is 6.82. The van der Waals surface area contributed by atoms with Gasteiger partial charge < -0.3 is 20.3 Å². The van der Waals surface area contributed by atoms with Crippen LogP contribution in [0.3, 0.4) is 0 Å². The highest BCUT2D eigenvalue weighted by atomic mass is 127. The lowest BCUT2D eigenvalue weighted by molar-refractivity contribution is 0.0827. The number of hydrogen-bond acceptors (Lipinski definition) is 4. The summed E-state index contributed by atoms with van der Waals surface area (Å²) in [6, 6.07) is 11.6. The van der Waals surface area contributed by atoms with E-state index < -0.39 is 0 Å². The third-order valence-electron chi connectivity index (χ3n) is 4.25. The third kappa shape index (κ3) is 8.17. The molecule has 7 nitrogen and oxygen atoms in total. The topological polar surface area (TPSA) is 78.8 Å². The standard InChI is InChI=1S/C22H31N5O2.HI/c1-5-14-29-20-19(10-7-12-24-20)16-26-22(23-2)25-13-11-17-8-6-9-18(15-17)21(28)27(3)4;/h6-10,12,15H,5,11,13-14,16H2,1-4H3,(H2,23,25,26);1H. The van der Waals surface area contributed by atoms with E-state index in [2.05, 4.69) is 27.5 Å². The first-order valence-electron chi connectivity index (χ1n) is 9.87. The minimum absolute atomic E-state index is 0. The number of nitrogens with zero attached hydrogens (tertiary/aromatic N) is 3. The molecule has 2 aromatic rings. The van der Waals surface area contributed by atoms with Gasteiger partial charge in [0.05, 0.1) is 6.61 Å². The quantitative estimate of drug-likeness (QED) is 0.299. The Hall–Kier alpha value is -2.36. The molecule has 0 unspecified atom stereocenters. The van der Waals surface area contributed by atoms with Gasteiger partial charge in [-0.15, -0.1) is 24.0 Å². The number of amides is 1. The fourth-order valence-electron chi connectivity index (χ4n) is 2.73. The summed E-state index contributed by atoms with van der Waals surface area (Å²) in [7, 11) is 5.25. The van der Waals surface area contributed by atoms with Gasteiger partial charge in [-0.1, -0.05) is 25.1 Å². The van der Waals surface area contributed by atoms with Crippen LogP contribution in [-0.4, -0.2) is 56.0 Å². The first-order chi connectivity index (χ1) is 14.0. The Bertz CT molecular complexity index is 827. The third-order valence-corrected chi connectivity index (χ3v) is 4.25. The summed E-state index contributed by atoms with van der Waals surface area (Å²) < 4.78 is 5.70. The van der Waals surface area contributed by atoms with Gasteiger partial charge in [-0.05, 0) is 36.6 Å². The Morgan fingerprint density at radius 1 is 1.20 bits per heavy atom. The fraction of sp³-hybridized carbons (Fsp3) is 0.409. The highest BCUT2D eigenvalue weighted by Crippen LogP contribution is 2.14. The first-order valence-corrected chi connectivity index (χ1v) is 9.87. The van der Waals surface area contributed by atoms with Crippen molar-refractivity contribution in [2.24, 2.45) is 4.99 Å². The Kier molecular flexibility index (Phi) is 11.8. The van der Waals surface area contributed by atoms with Crippen LogP contribution in [0.5, 0.6) is 5.88 Å². The second kappa shape index (κ2) is 13.8. The lowest BCUT2D eigenvalue weighted by atomic mass is 10.1. The molecule has 0 aliphatic carbocycles. The molecule has 30 heavy (non-hydrogen) atoms. The molecule has 1 aromatic heterocycles. The number of pyridine rings is 1. The maximum absolute atomic E-state index is 12.1. The van der Waals surface area contributed by atoms with E-state index in [0.717, 1.165) is 24.0 Å². The van der Waals surface area contributed by atoms with Crippen molar-refractivity contribution in [2.75, 3.05) is 34.3 Å². The van der Waals surface area contributed by atoms with E-state index in [-0.39, 0.29) is 29.9 Å². The number of carbonyl (C=O) groups excluding carboxylic acids is 1. The van der Waals surface area contributed by atoms with Crippen LogP contribution in [0, 0.1) is 0 Å². The van der Waals surface area contributed by atoms with Crippen molar-refractivity contribution in [3.8, 4) is 5.88 Å². The Morgan fingerprint density at radius 3 is 2.70 bits per heavy atom. The molecule has 0 atom stereocenters. The molecule has 0 aliphatic heterocycles. The van der Waals surface area contributed by atoms with Crippen molar-refractivity contribution in [2.45, 2.75) is 26.3 Å². The Labute approximate surface area is 196 Å². The molecular weight excluding hydrogens is 493 g/mol. The monoisotopic (exact) mass is 525 g/mol. The molecular formula is C22H32IN5O2. The van der Waals surface area contributed by atoms with Crippen LogP contribution in [0.1, 0.15) is 34.8 Å². The molecule has 0 radical (unpaired) electrons. The highest BCUT2D eigenvalue weighted by molar-refractivity contribution is 14.0. The number of guanidine groups is 1. The number of benzene rings is 1. The number of ether oxygens (including phenoxy) is 1. The van der Waals surface area contributed by atoms with Crippen molar-refractivity contribution in [1.29, 1.82) is 0 Å². The minimum Gasteiger partial charge on any atom is -0.477 e. The molecule has 1 aromatic carbocycles. The molecule has 0 bridgehead atoms. The van der Waals surface area contributed by atoms with Crippen LogP contribution < -0.4 is 15.4 Å². The Balaban J connectivity index is 0.00000450. The molecule has 164 valence electrons. The zero-order valence-corrected chi connectivity index (χ0v) is 20.5. The van der Waals surface area contributed by atoms with E-state index in [0.29, 0.717) is 37.1 Å². The lowest BCUT2D eigenvalue weighted by Gasteiger charge is -2.14. The van der Waals surface area contributed by atoms with Gasteiger partial charge in [0.2, 0.25) is 5.88 Å². The summed E-state index contributed by atoms with van der Waals surface area (Å²) in [5.41, 5.74) is 2.79. The number of rotatable bonds is 9. The van der Waals surface area contributed by atoms with Gasteiger partial charge >= 0.3 is 0 Å². The van der Waals surface area contributed by atoms with Crippen LogP contribution in [0.4, 0.5) is 0 Å². The van der Waals surface area contributed by atoms with E-state index >= 15 is 0 Å². The van der Waals surface area contributed by atoms with E-state index in [1.807, 2.05) is 36.4 Å². The summed E-state index contributed by atoms with van der Waals surface area (Å²) >= 11 is 0. The predicted molar refractivity (Wildman–Crippen MR) is 132 cm³/mol. The molecule has 8 heteroatoms. The van der Waals surface area contributed by atoms with Crippen molar-refractivity contribution in [3.05, 3.63) is 59.3 Å². The maximum Gasteiger partial charge on any atom is 0.253 e. The van der Waals surface area contributed by atoms with Crippen molar-refractivity contribution >= 4 is 35.8 Å². The minimum atomic E-state index is 0. The fourth-order valence-corrected chi connectivity index (χ4v) is 2.73. The Morgan fingerprint density at radius 2 is 2.00 bits per heavy atom. The van der Waals surface area contributed by atoms with Gasteiger partial charge in [0.25, 0.3) is 5.91 Å². The average Bonchev–Trinajstić information content (AvgIpc) is 2.74. The summed E-state index contributed by atoms with van der Waals surface area (Å²) in [5, 5.41) is 6.60. The SMILES string of the molecule is CCCOc1ncccc1CNC(=NC)NCCc1cccc(C(=O)N(C)C)c1.I. The van der Waals surface area contributed by atoms with Gasteiger partial charge in [0.1, 0.15) is 0 Å². The smallest absolute Gasteiger partial charge is 0.253 e. The molecule has 2 rings (SSSR count). The molecule has 2 N–H and O–H groups in total. The number of hydrogen-bond donors (Lipinski definition) is 2. The molecule has 0 aliphatic rings. The van der Waals surface area contributed by atoms with Crippen LogP contribution in [0.25, 0.3) is 0 Å². The number of aliphatic imine (C=N–C) groups is 1. The van der Waals surface area contributed by atoms with E-state index in [1.54, 1.807) is 32.2 Å². The predicted octanol–water partition coefficient (Wildman–Crippen LogP) is 3.10. The number of nitrogens with one attached hydrogen (secondary N) is 2. The molecule has 1 heterocycles. The van der Waals surface area contributed by atoms with E-state index in [4.69, 9.17) is 4.74 Å². The summed E-state index contributed by atoms with van der Waals surface area (Å²) in [6.07, 6.45) is 3.46. The normalized spacial score (nSPS) is 10.7. The lowest BCUT2D eigenvalue weighted by Crippen LogP contribution is -2.38.